The Kier molecular flexibility index (Phi) is 5.22. The number of aromatic nitrogens is 1. The van der Waals surface area contributed by atoms with Gasteiger partial charge in [-0.2, -0.15) is 5.10 Å². The number of nitro groups is 1. The number of benzene rings is 2. The summed E-state index contributed by atoms with van der Waals surface area (Å²) in [6.45, 7) is -0.277. The number of rotatable bonds is 6. The van der Waals surface area contributed by atoms with Crippen LogP contribution in [0.15, 0.2) is 59.8 Å². The molecule has 0 unspecified atom stereocenters. The topological polar surface area (TPSA) is 129 Å². The molecule has 0 aliphatic carbocycles. The first kappa shape index (κ1) is 17.8. The van der Waals surface area contributed by atoms with Gasteiger partial charge in [0.25, 0.3) is 17.5 Å². The third-order valence-electron chi connectivity index (χ3n) is 3.76. The molecule has 0 fully saturated rings. The van der Waals surface area contributed by atoms with Gasteiger partial charge in [0.15, 0.2) is 0 Å². The first-order chi connectivity index (χ1) is 13.0. The van der Waals surface area contributed by atoms with E-state index in [1.165, 1.54) is 30.5 Å². The highest BCUT2D eigenvalue weighted by Gasteiger charge is 2.10. The Balaban J connectivity index is 1.50. The van der Waals surface area contributed by atoms with E-state index in [0.717, 1.165) is 16.5 Å². The van der Waals surface area contributed by atoms with Gasteiger partial charge in [0.1, 0.15) is 0 Å². The molecular formula is C18H15N5O4. The molecule has 1 aromatic heterocycles. The SMILES string of the molecule is O=C(CNC(=O)c1ccc([N+](=O)[O-])cc1)N/N=C\c1c[nH]c2ccccc12. The molecule has 0 aliphatic heterocycles. The van der Waals surface area contributed by atoms with Gasteiger partial charge in [-0.3, -0.25) is 19.7 Å². The Morgan fingerprint density at radius 3 is 2.63 bits per heavy atom. The van der Waals surface area contributed by atoms with Crippen molar-refractivity contribution in [2.24, 2.45) is 5.10 Å². The number of hydrogen-bond acceptors (Lipinski definition) is 5. The van der Waals surface area contributed by atoms with Crippen molar-refractivity contribution < 1.29 is 14.5 Å². The predicted octanol–water partition coefficient (Wildman–Crippen LogP) is 1.96. The fourth-order valence-electron chi connectivity index (χ4n) is 2.41. The van der Waals surface area contributed by atoms with Crippen molar-refractivity contribution in [2.45, 2.75) is 0 Å². The maximum Gasteiger partial charge on any atom is 0.269 e. The van der Waals surface area contributed by atoms with Gasteiger partial charge in [-0.1, -0.05) is 18.2 Å². The number of hydrogen-bond donors (Lipinski definition) is 3. The Hall–Kier alpha value is -4.01. The van der Waals surface area contributed by atoms with E-state index in [1.54, 1.807) is 6.20 Å². The summed E-state index contributed by atoms with van der Waals surface area (Å²) >= 11 is 0. The minimum absolute atomic E-state index is 0.115. The van der Waals surface area contributed by atoms with Crippen LogP contribution in [-0.2, 0) is 4.79 Å². The van der Waals surface area contributed by atoms with Crippen LogP contribution < -0.4 is 10.7 Å². The van der Waals surface area contributed by atoms with Gasteiger partial charge in [0, 0.05) is 40.4 Å². The number of nitrogens with one attached hydrogen (secondary N) is 3. The number of para-hydroxylation sites is 1. The van der Waals surface area contributed by atoms with Crippen LogP contribution in [0.25, 0.3) is 10.9 Å². The van der Waals surface area contributed by atoms with Crippen LogP contribution in [-0.4, -0.2) is 34.5 Å². The predicted molar refractivity (Wildman–Crippen MR) is 99.5 cm³/mol. The zero-order valence-electron chi connectivity index (χ0n) is 14.0. The highest BCUT2D eigenvalue weighted by Crippen LogP contribution is 2.15. The van der Waals surface area contributed by atoms with Crippen molar-refractivity contribution in [2.75, 3.05) is 6.54 Å². The Morgan fingerprint density at radius 2 is 1.89 bits per heavy atom. The average molecular weight is 365 g/mol. The van der Waals surface area contributed by atoms with E-state index in [0.29, 0.717) is 0 Å². The van der Waals surface area contributed by atoms with Gasteiger partial charge in [-0.05, 0) is 18.2 Å². The van der Waals surface area contributed by atoms with E-state index in [4.69, 9.17) is 0 Å². The molecule has 2 amide bonds. The Labute approximate surface area is 153 Å². The fourth-order valence-corrected chi connectivity index (χ4v) is 2.41. The number of hydrazone groups is 1. The summed E-state index contributed by atoms with van der Waals surface area (Å²) in [6, 6.07) is 12.8. The van der Waals surface area contributed by atoms with Gasteiger partial charge < -0.3 is 10.3 Å². The van der Waals surface area contributed by atoms with E-state index >= 15 is 0 Å². The number of carbonyl (C=O) groups excluding carboxylic acids is 2. The molecular weight excluding hydrogens is 350 g/mol. The van der Waals surface area contributed by atoms with Crippen molar-refractivity contribution in [3.8, 4) is 0 Å². The average Bonchev–Trinajstić information content (AvgIpc) is 3.09. The van der Waals surface area contributed by atoms with Crippen molar-refractivity contribution >= 4 is 34.6 Å². The molecule has 2 aromatic carbocycles. The summed E-state index contributed by atoms with van der Waals surface area (Å²) in [5.74, 6) is -1.01. The van der Waals surface area contributed by atoms with Crippen molar-refractivity contribution in [3.63, 3.8) is 0 Å². The highest BCUT2D eigenvalue weighted by molar-refractivity contribution is 5.99. The molecule has 9 nitrogen and oxygen atoms in total. The number of fused-ring (bicyclic) bond motifs is 1. The maximum atomic E-state index is 11.9. The third-order valence-corrected chi connectivity index (χ3v) is 3.76. The highest BCUT2D eigenvalue weighted by atomic mass is 16.6. The van der Waals surface area contributed by atoms with Crippen LogP contribution in [0.4, 0.5) is 5.69 Å². The van der Waals surface area contributed by atoms with Gasteiger partial charge in [-0.15, -0.1) is 0 Å². The molecule has 0 saturated carbocycles. The largest absolute Gasteiger partial charge is 0.361 e. The van der Waals surface area contributed by atoms with E-state index in [2.05, 4.69) is 20.8 Å². The normalized spacial score (nSPS) is 10.8. The summed E-state index contributed by atoms with van der Waals surface area (Å²) in [4.78, 5) is 36.8. The molecule has 3 aromatic rings. The van der Waals surface area contributed by atoms with Crippen LogP contribution in [0.2, 0.25) is 0 Å². The minimum Gasteiger partial charge on any atom is -0.361 e. The summed E-state index contributed by atoms with van der Waals surface area (Å²) in [5.41, 5.74) is 4.21. The quantitative estimate of drug-likeness (QED) is 0.350. The van der Waals surface area contributed by atoms with Crippen molar-refractivity contribution in [1.29, 1.82) is 0 Å². The summed E-state index contributed by atoms with van der Waals surface area (Å²) < 4.78 is 0. The standard InChI is InChI=1S/C18H15N5O4/c24-17(11-20-18(25)12-5-7-14(8-6-12)23(26)27)22-21-10-13-9-19-16-4-2-1-3-15(13)16/h1-10,19H,11H2,(H,20,25)(H,22,24)/b21-10-. The number of nitro benzene ring substituents is 1. The molecule has 0 spiro atoms. The monoisotopic (exact) mass is 365 g/mol. The summed E-state index contributed by atoms with van der Waals surface area (Å²) in [5, 5.41) is 17.9. The lowest BCUT2D eigenvalue weighted by Crippen LogP contribution is -2.34. The Morgan fingerprint density at radius 1 is 1.15 bits per heavy atom. The Bertz CT molecular complexity index is 1020. The lowest BCUT2D eigenvalue weighted by atomic mass is 10.2. The van der Waals surface area contributed by atoms with Gasteiger partial charge in [-0.25, -0.2) is 5.43 Å². The number of carbonyl (C=O) groups is 2. The summed E-state index contributed by atoms with van der Waals surface area (Å²) in [6.07, 6.45) is 3.28. The van der Waals surface area contributed by atoms with E-state index in [1.807, 2.05) is 24.3 Å². The fraction of sp³-hybridized carbons (Fsp3) is 0.0556. The van der Waals surface area contributed by atoms with Crippen LogP contribution >= 0.6 is 0 Å². The van der Waals surface area contributed by atoms with Crippen molar-refractivity contribution in [3.05, 3.63) is 76.0 Å². The second-order valence-electron chi connectivity index (χ2n) is 5.57. The molecule has 3 N–H and O–H groups in total. The van der Waals surface area contributed by atoms with E-state index < -0.39 is 16.7 Å². The number of H-pyrrole nitrogens is 1. The number of aromatic amines is 1. The van der Waals surface area contributed by atoms with E-state index in [9.17, 15) is 19.7 Å². The molecule has 0 atom stereocenters. The van der Waals surface area contributed by atoms with E-state index in [-0.39, 0.29) is 17.8 Å². The smallest absolute Gasteiger partial charge is 0.269 e. The van der Waals surface area contributed by atoms with Gasteiger partial charge in [0.05, 0.1) is 17.7 Å². The number of non-ortho nitro benzene ring substituents is 1. The van der Waals surface area contributed by atoms with Crippen LogP contribution in [0.3, 0.4) is 0 Å². The van der Waals surface area contributed by atoms with Crippen LogP contribution in [0, 0.1) is 10.1 Å². The minimum atomic E-state index is -0.555. The second-order valence-corrected chi connectivity index (χ2v) is 5.57. The van der Waals surface area contributed by atoms with Gasteiger partial charge >= 0.3 is 0 Å². The molecule has 1 heterocycles. The molecule has 27 heavy (non-hydrogen) atoms. The molecule has 0 bridgehead atoms. The first-order valence-corrected chi connectivity index (χ1v) is 7.95. The van der Waals surface area contributed by atoms with Gasteiger partial charge in [0.2, 0.25) is 0 Å². The zero-order valence-corrected chi connectivity index (χ0v) is 14.0. The zero-order chi connectivity index (χ0) is 19.2. The third kappa shape index (κ3) is 4.34. The molecule has 0 saturated heterocycles. The number of nitrogens with zero attached hydrogens (tertiary/aromatic N) is 2. The molecule has 3 rings (SSSR count). The first-order valence-electron chi connectivity index (χ1n) is 7.95. The molecule has 0 radical (unpaired) electrons. The molecule has 0 aliphatic rings. The lowest BCUT2D eigenvalue weighted by molar-refractivity contribution is -0.384. The maximum absolute atomic E-state index is 11.9. The summed E-state index contributed by atoms with van der Waals surface area (Å²) in [7, 11) is 0. The molecule has 9 heteroatoms. The van der Waals surface area contributed by atoms with Crippen LogP contribution in [0.1, 0.15) is 15.9 Å². The van der Waals surface area contributed by atoms with Crippen molar-refractivity contribution in [1.82, 2.24) is 15.7 Å². The molecule has 136 valence electrons. The number of amides is 2. The van der Waals surface area contributed by atoms with Crippen LogP contribution in [0.5, 0.6) is 0 Å². The second kappa shape index (κ2) is 7.91. The lowest BCUT2D eigenvalue weighted by Gasteiger charge is -2.04.